The van der Waals surface area contributed by atoms with Crippen LogP contribution in [0.1, 0.15) is 54.7 Å². The molecule has 9 nitrogen and oxygen atoms in total. The lowest BCUT2D eigenvalue weighted by Gasteiger charge is -2.21. The summed E-state index contributed by atoms with van der Waals surface area (Å²) >= 11 is 0. The lowest BCUT2D eigenvalue weighted by Crippen LogP contribution is -2.28. The molecule has 0 bridgehead atoms. The second-order valence-electron chi connectivity index (χ2n) is 8.47. The van der Waals surface area contributed by atoms with Crippen LogP contribution in [0.4, 0.5) is 5.69 Å². The van der Waals surface area contributed by atoms with Gasteiger partial charge in [0, 0.05) is 28.3 Å². The van der Waals surface area contributed by atoms with Crippen LogP contribution < -0.4 is 0 Å². The summed E-state index contributed by atoms with van der Waals surface area (Å²) in [6, 6.07) is 10.8. The smallest absolute Gasteiger partial charge is 0.344 e. The molecule has 0 spiro atoms. The van der Waals surface area contributed by atoms with E-state index < -0.39 is 22.4 Å². The molecule has 1 aliphatic heterocycles. The normalized spacial score (nSPS) is 14.9. The van der Waals surface area contributed by atoms with Crippen molar-refractivity contribution in [3.8, 4) is 0 Å². The molecule has 0 saturated carbocycles. The van der Waals surface area contributed by atoms with Crippen molar-refractivity contribution in [2.75, 3.05) is 0 Å². The number of nitro groups is 1. The zero-order chi connectivity index (χ0) is 24.5. The fraction of sp³-hybridized carbons (Fsp3) is 0.250. The quantitative estimate of drug-likeness (QED) is 0.241. The van der Waals surface area contributed by atoms with E-state index in [4.69, 9.17) is 4.74 Å². The average molecular weight is 449 g/mol. The standard InChI is InChI=1S/C24H23N3O6/c1-13-12-15(10-11-18(13)27(31)32)22(29)26-21-17-9-7-6-8-16(17)20(25-21)19(14(2)28)23(30)33-24(3,4)5/h6-12,28H,1-5H3/b19-14+,26-21?. The van der Waals surface area contributed by atoms with E-state index in [2.05, 4.69) is 9.98 Å². The molecule has 9 heteroatoms. The average Bonchev–Trinajstić information content (AvgIpc) is 3.04. The highest BCUT2D eigenvalue weighted by Crippen LogP contribution is 2.27. The summed E-state index contributed by atoms with van der Waals surface area (Å²) in [6.45, 7) is 8.00. The number of amides is 1. The Kier molecular flexibility index (Phi) is 6.25. The third kappa shape index (κ3) is 5.03. The largest absolute Gasteiger partial charge is 0.512 e. The van der Waals surface area contributed by atoms with Crippen LogP contribution in [0.25, 0.3) is 0 Å². The molecule has 1 heterocycles. The number of allylic oxidation sites excluding steroid dienone is 1. The Morgan fingerprint density at radius 3 is 2.30 bits per heavy atom. The number of aliphatic imine (C=N–C) groups is 2. The number of nitro benzene ring substituents is 1. The monoisotopic (exact) mass is 449 g/mol. The summed E-state index contributed by atoms with van der Waals surface area (Å²) in [5, 5.41) is 21.3. The van der Waals surface area contributed by atoms with Crippen molar-refractivity contribution in [1.29, 1.82) is 0 Å². The summed E-state index contributed by atoms with van der Waals surface area (Å²) in [5.74, 6) is -1.62. The molecule has 0 fully saturated rings. The second kappa shape index (κ2) is 8.78. The number of nitrogens with zero attached hydrogens (tertiary/aromatic N) is 3. The molecule has 2 aromatic rings. The summed E-state index contributed by atoms with van der Waals surface area (Å²) in [4.78, 5) is 44.6. The number of fused-ring (bicyclic) bond motifs is 1. The first-order valence-corrected chi connectivity index (χ1v) is 10.1. The molecule has 0 saturated heterocycles. The Morgan fingerprint density at radius 1 is 1.12 bits per heavy atom. The van der Waals surface area contributed by atoms with Crippen LogP contribution in [-0.4, -0.2) is 39.1 Å². The molecule has 0 radical (unpaired) electrons. The van der Waals surface area contributed by atoms with E-state index in [0.717, 1.165) is 0 Å². The highest BCUT2D eigenvalue weighted by Gasteiger charge is 2.32. The van der Waals surface area contributed by atoms with Crippen molar-refractivity contribution < 1.29 is 24.4 Å². The Balaban J connectivity index is 2.07. The lowest BCUT2D eigenvalue weighted by molar-refractivity contribution is -0.385. The van der Waals surface area contributed by atoms with Crippen LogP contribution in [-0.2, 0) is 9.53 Å². The summed E-state index contributed by atoms with van der Waals surface area (Å²) in [5.41, 5.74) is 0.627. The van der Waals surface area contributed by atoms with E-state index >= 15 is 0 Å². The van der Waals surface area contributed by atoms with E-state index in [-0.39, 0.29) is 34.1 Å². The molecule has 0 aliphatic carbocycles. The predicted molar refractivity (Wildman–Crippen MR) is 123 cm³/mol. The highest BCUT2D eigenvalue weighted by molar-refractivity contribution is 6.36. The van der Waals surface area contributed by atoms with Crippen LogP contribution >= 0.6 is 0 Å². The molecule has 0 atom stereocenters. The number of aryl methyl sites for hydroxylation is 1. The van der Waals surface area contributed by atoms with Gasteiger partial charge in [-0.1, -0.05) is 24.3 Å². The van der Waals surface area contributed by atoms with Gasteiger partial charge in [-0.2, -0.15) is 4.99 Å². The van der Waals surface area contributed by atoms with Gasteiger partial charge in [0.1, 0.15) is 16.9 Å². The number of carbonyl (C=O) groups is 2. The molecule has 1 N–H and O–H groups in total. The minimum absolute atomic E-state index is 0.0592. The molecule has 33 heavy (non-hydrogen) atoms. The number of rotatable bonds is 4. The number of aliphatic hydroxyl groups excluding tert-OH is 1. The number of carbonyl (C=O) groups excluding carboxylic acids is 2. The van der Waals surface area contributed by atoms with E-state index in [1.165, 1.54) is 32.0 Å². The Labute approximate surface area is 190 Å². The van der Waals surface area contributed by atoms with Crippen LogP contribution in [0.15, 0.2) is 63.8 Å². The first-order chi connectivity index (χ1) is 15.4. The fourth-order valence-corrected chi connectivity index (χ4v) is 3.29. The first-order valence-electron chi connectivity index (χ1n) is 10.1. The lowest BCUT2D eigenvalue weighted by atomic mass is 9.99. The van der Waals surface area contributed by atoms with E-state index in [9.17, 15) is 24.8 Å². The molecule has 0 unspecified atom stereocenters. The van der Waals surface area contributed by atoms with Gasteiger partial charge < -0.3 is 9.84 Å². The molecule has 2 aromatic carbocycles. The summed E-state index contributed by atoms with van der Waals surface area (Å²) in [6.07, 6.45) is 0. The van der Waals surface area contributed by atoms with Gasteiger partial charge in [-0.3, -0.25) is 14.9 Å². The van der Waals surface area contributed by atoms with Gasteiger partial charge in [-0.15, -0.1) is 0 Å². The molecule has 3 rings (SSSR count). The highest BCUT2D eigenvalue weighted by atomic mass is 16.6. The van der Waals surface area contributed by atoms with Crippen LogP contribution in [0.3, 0.4) is 0 Å². The Bertz CT molecular complexity index is 1260. The molecular formula is C24H23N3O6. The Hall–Kier alpha value is -4.14. The number of amidine groups is 1. The van der Waals surface area contributed by atoms with Crippen molar-refractivity contribution in [3.05, 3.63) is 86.2 Å². The van der Waals surface area contributed by atoms with Gasteiger partial charge in [0.15, 0.2) is 5.84 Å². The topological polar surface area (TPSA) is 131 Å². The molecule has 0 aromatic heterocycles. The van der Waals surface area contributed by atoms with Crippen molar-refractivity contribution in [3.63, 3.8) is 0 Å². The second-order valence-corrected chi connectivity index (χ2v) is 8.47. The van der Waals surface area contributed by atoms with Gasteiger partial charge >= 0.3 is 5.97 Å². The van der Waals surface area contributed by atoms with Crippen molar-refractivity contribution in [2.24, 2.45) is 9.98 Å². The number of ether oxygens (including phenoxy) is 1. The van der Waals surface area contributed by atoms with Gasteiger partial charge in [0.05, 0.1) is 10.6 Å². The number of esters is 1. The van der Waals surface area contributed by atoms with Crippen LogP contribution in [0.2, 0.25) is 0 Å². The fourth-order valence-electron chi connectivity index (χ4n) is 3.29. The van der Waals surface area contributed by atoms with Crippen LogP contribution in [0, 0.1) is 17.0 Å². The zero-order valence-corrected chi connectivity index (χ0v) is 18.9. The van der Waals surface area contributed by atoms with Gasteiger partial charge in [-0.25, -0.2) is 9.79 Å². The number of aliphatic hydroxyl groups is 1. The number of benzene rings is 2. The molecular weight excluding hydrogens is 426 g/mol. The molecule has 170 valence electrons. The maximum absolute atomic E-state index is 12.8. The minimum atomic E-state index is -0.795. The van der Waals surface area contributed by atoms with Gasteiger partial charge in [0.25, 0.3) is 11.6 Å². The van der Waals surface area contributed by atoms with E-state index in [1.807, 2.05) is 0 Å². The zero-order valence-electron chi connectivity index (χ0n) is 18.9. The van der Waals surface area contributed by atoms with Gasteiger partial charge in [0.2, 0.25) is 0 Å². The maximum Gasteiger partial charge on any atom is 0.344 e. The van der Waals surface area contributed by atoms with Crippen molar-refractivity contribution >= 4 is 29.1 Å². The minimum Gasteiger partial charge on any atom is -0.512 e. The van der Waals surface area contributed by atoms with E-state index in [1.54, 1.807) is 45.0 Å². The molecule has 1 aliphatic rings. The SMILES string of the molecule is C/C(O)=C(\C(=O)OC(C)(C)C)C1=NC(=NC(=O)c2ccc([N+](=O)[O-])c(C)c2)c2ccccc21. The van der Waals surface area contributed by atoms with Crippen LogP contribution in [0.5, 0.6) is 0 Å². The number of hydrogen-bond acceptors (Lipinski definition) is 6. The summed E-state index contributed by atoms with van der Waals surface area (Å²) in [7, 11) is 0. The maximum atomic E-state index is 12.8. The van der Waals surface area contributed by atoms with Gasteiger partial charge in [-0.05, 0) is 46.8 Å². The predicted octanol–water partition coefficient (Wildman–Crippen LogP) is 4.47. The first kappa shape index (κ1) is 23.5. The number of hydrogen-bond donors (Lipinski definition) is 1. The van der Waals surface area contributed by atoms with Crippen molar-refractivity contribution in [1.82, 2.24) is 0 Å². The van der Waals surface area contributed by atoms with E-state index in [0.29, 0.717) is 16.7 Å². The third-order valence-corrected chi connectivity index (χ3v) is 4.69. The van der Waals surface area contributed by atoms with Crippen molar-refractivity contribution in [2.45, 2.75) is 40.2 Å². The molecule has 1 amide bonds. The Morgan fingerprint density at radius 2 is 1.76 bits per heavy atom. The summed E-state index contributed by atoms with van der Waals surface area (Å²) < 4.78 is 5.42. The third-order valence-electron chi connectivity index (χ3n) is 4.69.